The van der Waals surface area contributed by atoms with Crippen molar-refractivity contribution in [1.82, 2.24) is 4.90 Å². The fraction of sp³-hybridized carbons (Fsp3) is 0.476. The van der Waals surface area contributed by atoms with Crippen LogP contribution in [0.15, 0.2) is 42.0 Å². The summed E-state index contributed by atoms with van der Waals surface area (Å²) < 4.78 is 0. The summed E-state index contributed by atoms with van der Waals surface area (Å²) in [6.07, 6.45) is 4.87. The second kappa shape index (κ2) is 5.84. The van der Waals surface area contributed by atoms with E-state index in [-0.39, 0.29) is 29.1 Å². The van der Waals surface area contributed by atoms with Crippen molar-refractivity contribution < 1.29 is 9.59 Å². The first kappa shape index (κ1) is 16.1. The van der Waals surface area contributed by atoms with Gasteiger partial charge in [0.15, 0.2) is 5.78 Å². The fourth-order valence-corrected chi connectivity index (χ4v) is 4.59. The highest BCUT2D eigenvalue weighted by Gasteiger charge is 2.56. The predicted molar refractivity (Wildman–Crippen MR) is 93.4 cm³/mol. The number of amides is 1. The number of hydrogen-bond donors (Lipinski definition) is 0. The van der Waals surface area contributed by atoms with Crippen LogP contribution in [-0.2, 0) is 15.0 Å². The summed E-state index contributed by atoms with van der Waals surface area (Å²) in [5.74, 6) is 0.168. The van der Waals surface area contributed by atoms with Gasteiger partial charge < -0.3 is 4.90 Å². The number of fused-ring (bicyclic) bond motifs is 1. The Bertz CT molecular complexity index is 788. The number of nitriles is 1. The zero-order chi connectivity index (χ0) is 17.6. The molecule has 128 valence electrons. The number of nitrogens with zero attached hydrogens (tertiary/aromatic N) is 2. The van der Waals surface area contributed by atoms with E-state index in [1.165, 1.54) is 12.8 Å². The van der Waals surface area contributed by atoms with Gasteiger partial charge in [-0.05, 0) is 42.7 Å². The van der Waals surface area contributed by atoms with Gasteiger partial charge in [-0.3, -0.25) is 9.59 Å². The van der Waals surface area contributed by atoms with Crippen LogP contribution < -0.4 is 0 Å². The molecule has 3 aliphatic rings. The number of likely N-dealkylation sites (tertiary alicyclic amines) is 1. The second-order valence-corrected chi connectivity index (χ2v) is 7.65. The van der Waals surface area contributed by atoms with Gasteiger partial charge in [0.25, 0.3) is 0 Å². The Morgan fingerprint density at radius 1 is 1.20 bits per heavy atom. The highest BCUT2D eigenvalue weighted by atomic mass is 16.2. The third-order valence-corrected chi connectivity index (χ3v) is 6.14. The molecule has 1 aromatic rings. The molecule has 0 N–H and O–H groups in total. The molecule has 0 aromatic heterocycles. The lowest BCUT2D eigenvalue weighted by Crippen LogP contribution is -2.59. The van der Waals surface area contributed by atoms with E-state index in [4.69, 9.17) is 0 Å². The molecule has 1 amide bonds. The zero-order valence-corrected chi connectivity index (χ0v) is 14.4. The maximum absolute atomic E-state index is 13.6. The van der Waals surface area contributed by atoms with Crippen molar-refractivity contribution in [2.75, 3.05) is 13.1 Å². The van der Waals surface area contributed by atoms with Gasteiger partial charge in [0.05, 0.1) is 11.0 Å². The van der Waals surface area contributed by atoms with Crippen LogP contribution in [0.5, 0.6) is 0 Å². The molecule has 1 aliphatic heterocycles. The highest BCUT2D eigenvalue weighted by Crippen LogP contribution is 2.49. The van der Waals surface area contributed by atoms with Crippen LogP contribution in [0.3, 0.4) is 0 Å². The van der Waals surface area contributed by atoms with E-state index in [1.54, 1.807) is 6.08 Å². The number of piperidine rings is 1. The maximum Gasteiger partial charge on any atom is 0.237 e. The fourth-order valence-electron chi connectivity index (χ4n) is 4.59. The standard InChI is InChI=1S/C21H22N2O2/c1-14-18-9-10-23(13-15-7-8-15)20(25)21(18,11-16(12-22)19(14)24)17-5-3-2-4-6-17/h2-6,11,14-15,18H,7-10,13H2,1H3/t14-,18-,21+/m0/s1. The van der Waals surface area contributed by atoms with Crippen LogP contribution in [0.4, 0.5) is 0 Å². The normalized spacial score (nSPS) is 32.0. The topological polar surface area (TPSA) is 61.2 Å². The van der Waals surface area contributed by atoms with E-state index in [1.807, 2.05) is 48.2 Å². The molecule has 0 bridgehead atoms. The summed E-state index contributed by atoms with van der Waals surface area (Å²) in [5.41, 5.74) is 0.152. The van der Waals surface area contributed by atoms with Crippen molar-refractivity contribution in [3.8, 4) is 6.07 Å². The number of hydrogen-bond acceptors (Lipinski definition) is 3. The molecule has 0 spiro atoms. The number of carbonyl (C=O) groups excluding carboxylic acids is 2. The first-order valence-corrected chi connectivity index (χ1v) is 9.10. The number of rotatable bonds is 3. The summed E-state index contributed by atoms with van der Waals surface area (Å²) in [5, 5.41) is 9.47. The Morgan fingerprint density at radius 2 is 1.92 bits per heavy atom. The third-order valence-electron chi connectivity index (χ3n) is 6.14. The van der Waals surface area contributed by atoms with Crippen molar-refractivity contribution >= 4 is 11.7 Å². The Kier molecular flexibility index (Phi) is 3.76. The Morgan fingerprint density at radius 3 is 2.56 bits per heavy atom. The van der Waals surface area contributed by atoms with Crippen molar-refractivity contribution in [3.05, 3.63) is 47.5 Å². The van der Waals surface area contributed by atoms with E-state index in [9.17, 15) is 14.9 Å². The predicted octanol–water partition coefficient (Wildman–Crippen LogP) is 2.85. The lowest BCUT2D eigenvalue weighted by atomic mass is 9.57. The summed E-state index contributed by atoms with van der Waals surface area (Å²) in [7, 11) is 0. The molecule has 1 heterocycles. The number of carbonyl (C=O) groups is 2. The lowest BCUT2D eigenvalue weighted by molar-refractivity contribution is -0.145. The Balaban J connectivity index is 1.87. The summed E-state index contributed by atoms with van der Waals surface area (Å²) in [4.78, 5) is 28.1. The van der Waals surface area contributed by atoms with E-state index in [2.05, 4.69) is 0 Å². The Labute approximate surface area is 148 Å². The molecule has 25 heavy (non-hydrogen) atoms. The molecule has 4 rings (SSSR count). The zero-order valence-electron chi connectivity index (χ0n) is 14.4. The van der Waals surface area contributed by atoms with Crippen molar-refractivity contribution in [2.24, 2.45) is 17.8 Å². The van der Waals surface area contributed by atoms with Crippen molar-refractivity contribution in [1.29, 1.82) is 5.26 Å². The lowest BCUT2D eigenvalue weighted by Gasteiger charge is -2.50. The van der Waals surface area contributed by atoms with Crippen molar-refractivity contribution in [3.63, 3.8) is 0 Å². The summed E-state index contributed by atoms with van der Waals surface area (Å²) in [6.45, 7) is 3.39. The number of ketones is 1. The van der Waals surface area contributed by atoms with E-state index < -0.39 is 5.41 Å². The average Bonchev–Trinajstić information content (AvgIpc) is 3.45. The second-order valence-electron chi connectivity index (χ2n) is 7.65. The first-order valence-electron chi connectivity index (χ1n) is 9.10. The van der Waals surface area contributed by atoms with Crippen LogP contribution in [0, 0.1) is 29.1 Å². The Hall–Kier alpha value is -2.41. The molecule has 1 saturated heterocycles. The van der Waals surface area contributed by atoms with Gasteiger partial charge in [-0.15, -0.1) is 0 Å². The minimum absolute atomic E-state index is 0.0638. The molecule has 3 atom stereocenters. The molecule has 0 unspecified atom stereocenters. The number of allylic oxidation sites excluding steroid dienone is 1. The van der Waals surface area contributed by atoms with E-state index in [0.717, 1.165) is 18.5 Å². The monoisotopic (exact) mass is 334 g/mol. The van der Waals surface area contributed by atoms with Gasteiger partial charge in [0, 0.05) is 19.0 Å². The molecule has 1 aromatic carbocycles. The molecule has 4 nitrogen and oxygen atoms in total. The van der Waals surface area contributed by atoms with Crippen LogP contribution >= 0.6 is 0 Å². The van der Waals surface area contributed by atoms with Crippen LogP contribution in [-0.4, -0.2) is 29.7 Å². The molecule has 4 heteroatoms. The van der Waals surface area contributed by atoms with Gasteiger partial charge >= 0.3 is 0 Å². The van der Waals surface area contributed by atoms with E-state index >= 15 is 0 Å². The quantitative estimate of drug-likeness (QED) is 0.854. The maximum atomic E-state index is 13.6. The molecular weight excluding hydrogens is 312 g/mol. The largest absolute Gasteiger partial charge is 0.341 e. The summed E-state index contributed by atoms with van der Waals surface area (Å²) >= 11 is 0. The SMILES string of the molecule is C[C@@H]1C(=O)C(C#N)=C[C@]2(c3ccccc3)C(=O)N(CC3CC3)CC[C@@H]12. The van der Waals surface area contributed by atoms with Crippen molar-refractivity contribution in [2.45, 2.75) is 31.6 Å². The minimum Gasteiger partial charge on any atom is -0.341 e. The molecule has 2 fully saturated rings. The van der Waals surface area contributed by atoms with Crippen LogP contribution in [0.25, 0.3) is 0 Å². The van der Waals surface area contributed by atoms with Gasteiger partial charge in [-0.25, -0.2) is 0 Å². The van der Waals surface area contributed by atoms with E-state index in [0.29, 0.717) is 12.5 Å². The van der Waals surface area contributed by atoms with Crippen LogP contribution in [0.2, 0.25) is 0 Å². The highest BCUT2D eigenvalue weighted by molar-refractivity contribution is 6.06. The number of Topliss-reactive ketones (excluding diaryl/α,β-unsaturated/α-hetero) is 1. The smallest absolute Gasteiger partial charge is 0.237 e. The molecule has 2 aliphatic carbocycles. The first-order chi connectivity index (χ1) is 12.1. The van der Waals surface area contributed by atoms with Crippen LogP contribution in [0.1, 0.15) is 31.7 Å². The van der Waals surface area contributed by atoms with Gasteiger partial charge in [0.1, 0.15) is 6.07 Å². The van der Waals surface area contributed by atoms with Gasteiger partial charge in [-0.2, -0.15) is 5.26 Å². The molecule has 0 radical (unpaired) electrons. The third kappa shape index (κ3) is 2.41. The van der Waals surface area contributed by atoms with Gasteiger partial charge in [0.2, 0.25) is 5.91 Å². The summed E-state index contributed by atoms with van der Waals surface area (Å²) in [6, 6.07) is 11.7. The van der Waals surface area contributed by atoms with Gasteiger partial charge in [-0.1, -0.05) is 37.3 Å². The molecule has 1 saturated carbocycles. The average molecular weight is 334 g/mol. The minimum atomic E-state index is -0.882. The number of benzene rings is 1. The molecular formula is C21H22N2O2.